The lowest BCUT2D eigenvalue weighted by Crippen LogP contribution is -1.89. The number of aryl methyl sites for hydroxylation is 2. The van der Waals surface area contributed by atoms with Gasteiger partial charge in [-0.1, -0.05) is 16.8 Å². The lowest BCUT2D eigenvalue weighted by molar-refractivity contribution is 0.112. The molecule has 0 N–H and O–H groups in total. The zero-order chi connectivity index (χ0) is 11.0. The van der Waals surface area contributed by atoms with Crippen LogP contribution in [0.25, 0.3) is 11.4 Å². The Labute approximate surface area is 90.6 Å². The maximum absolute atomic E-state index is 10.8. The van der Waals surface area contributed by atoms with E-state index in [0.29, 0.717) is 34.2 Å². The molecule has 2 aromatic heterocycles. The molecular weight excluding hydrogens is 218 g/mol. The largest absolute Gasteiger partial charge is 0.361 e. The van der Waals surface area contributed by atoms with Gasteiger partial charge >= 0.3 is 0 Å². The van der Waals surface area contributed by atoms with Crippen molar-refractivity contribution in [3.63, 3.8) is 0 Å². The molecule has 0 saturated heterocycles. The van der Waals surface area contributed by atoms with Gasteiger partial charge < -0.3 is 4.52 Å². The molecule has 0 unspecified atom stereocenters. The Balaban J connectivity index is 2.62. The van der Waals surface area contributed by atoms with Crippen LogP contribution in [0.1, 0.15) is 16.1 Å². The molecule has 0 fully saturated rings. The molecule has 2 rings (SSSR count). The Kier molecular flexibility index (Phi) is 2.32. The van der Waals surface area contributed by atoms with E-state index in [2.05, 4.69) is 10.3 Å². The number of carbonyl (C=O) groups excluding carboxylic acids is 1. The van der Waals surface area contributed by atoms with Crippen LogP contribution in [0.3, 0.4) is 0 Å². The van der Waals surface area contributed by atoms with E-state index in [-0.39, 0.29) is 0 Å². The van der Waals surface area contributed by atoms with Gasteiger partial charge in [0.15, 0.2) is 6.29 Å². The van der Waals surface area contributed by atoms with E-state index in [4.69, 9.17) is 16.1 Å². The lowest BCUT2D eigenvalue weighted by Gasteiger charge is -1.87. The molecular formula is C9H8ClN3O2. The molecule has 0 radical (unpaired) electrons. The van der Waals surface area contributed by atoms with Crippen molar-refractivity contribution in [2.75, 3.05) is 0 Å². The second-order valence-electron chi connectivity index (χ2n) is 3.12. The van der Waals surface area contributed by atoms with Crippen molar-refractivity contribution < 1.29 is 9.32 Å². The third-order valence-electron chi connectivity index (χ3n) is 2.00. The third kappa shape index (κ3) is 1.55. The average molecular weight is 226 g/mol. The Hall–Kier alpha value is -1.62. The van der Waals surface area contributed by atoms with Gasteiger partial charge in [0.05, 0.1) is 5.56 Å². The number of rotatable bonds is 2. The number of halogens is 1. The smallest absolute Gasteiger partial charge is 0.155 e. The van der Waals surface area contributed by atoms with Gasteiger partial charge in [-0.15, -0.1) is 0 Å². The summed E-state index contributed by atoms with van der Waals surface area (Å²) in [5.74, 6) is 0.656. The average Bonchev–Trinajstić information content (AvgIpc) is 2.73. The zero-order valence-corrected chi connectivity index (χ0v) is 8.95. The quantitative estimate of drug-likeness (QED) is 0.732. The van der Waals surface area contributed by atoms with Gasteiger partial charge in [0.2, 0.25) is 0 Å². The highest BCUT2D eigenvalue weighted by atomic mass is 35.5. The first kappa shape index (κ1) is 9.92. The molecule has 6 heteroatoms. The fraction of sp³-hybridized carbons (Fsp3) is 0.222. The van der Waals surface area contributed by atoms with E-state index >= 15 is 0 Å². The highest BCUT2D eigenvalue weighted by molar-refractivity contribution is 6.32. The minimum Gasteiger partial charge on any atom is -0.361 e. The van der Waals surface area contributed by atoms with Crippen LogP contribution in [-0.2, 0) is 7.05 Å². The van der Waals surface area contributed by atoms with Crippen LogP contribution in [0.15, 0.2) is 10.6 Å². The van der Waals surface area contributed by atoms with Gasteiger partial charge in [-0.2, -0.15) is 5.10 Å². The topological polar surface area (TPSA) is 60.9 Å². The fourth-order valence-electron chi connectivity index (χ4n) is 1.29. The minimum atomic E-state index is 0.292. The van der Waals surface area contributed by atoms with E-state index in [1.165, 1.54) is 4.68 Å². The van der Waals surface area contributed by atoms with Gasteiger partial charge in [-0.05, 0) is 6.92 Å². The summed E-state index contributed by atoms with van der Waals surface area (Å²) in [7, 11) is 1.66. The molecule has 5 nitrogen and oxygen atoms in total. The molecule has 0 atom stereocenters. The molecule has 78 valence electrons. The predicted octanol–water partition coefficient (Wildman–Crippen LogP) is 1.85. The van der Waals surface area contributed by atoms with Crippen molar-refractivity contribution in [1.82, 2.24) is 14.9 Å². The Bertz CT molecular complexity index is 515. The number of hydrogen-bond donors (Lipinski definition) is 0. The van der Waals surface area contributed by atoms with E-state index in [1.807, 2.05) is 0 Å². The Morgan fingerprint density at radius 3 is 2.87 bits per heavy atom. The molecule has 0 amide bonds. The molecule has 0 aliphatic carbocycles. The van der Waals surface area contributed by atoms with E-state index in [1.54, 1.807) is 20.0 Å². The van der Waals surface area contributed by atoms with Gasteiger partial charge in [0.25, 0.3) is 0 Å². The summed E-state index contributed by atoms with van der Waals surface area (Å²) in [6.07, 6.45) is 0.661. The monoisotopic (exact) mass is 225 g/mol. The highest BCUT2D eigenvalue weighted by Crippen LogP contribution is 2.26. The van der Waals surface area contributed by atoms with Gasteiger partial charge in [-0.25, -0.2) is 0 Å². The van der Waals surface area contributed by atoms with Crippen molar-refractivity contribution in [3.8, 4) is 11.4 Å². The normalized spacial score (nSPS) is 10.6. The lowest BCUT2D eigenvalue weighted by atomic mass is 10.2. The van der Waals surface area contributed by atoms with E-state index in [9.17, 15) is 4.79 Å². The molecule has 0 aliphatic rings. The Morgan fingerprint density at radius 1 is 1.60 bits per heavy atom. The molecule has 0 aromatic carbocycles. The van der Waals surface area contributed by atoms with Gasteiger partial charge in [-0.3, -0.25) is 9.48 Å². The first-order chi connectivity index (χ1) is 7.13. The summed E-state index contributed by atoms with van der Waals surface area (Å²) in [6, 6.07) is 1.70. The fourth-order valence-corrected chi connectivity index (χ4v) is 1.46. The molecule has 2 aromatic rings. The second kappa shape index (κ2) is 3.51. The van der Waals surface area contributed by atoms with Crippen LogP contribution in [0.5, 0.6) is 0 Å². The van der Waals surface area contributed by atoms with E-state index < -0.39 is 0 Å². The molecule has 0 saturated carbocycles. The Morgan fingerprint density at radius 2 is 2.33 bits per heavy atom. The molecule has 0 spiro atoms. The summed E-state index contributed by atoms with van der Waals surface area (Å²) in [4.78, 5) is 10.8. The number of carbonyl (C=O) groups is 1. The third-order valence-corrected chi connectivity index (χ3v) is 2.45. The number of aldehydes is 1. The summed E-state index contributed by atoms with van der Waals surface area (Å²) in [5.41, 5.74) is 1.28. The van der Waals surface area contributed by atoms with Crippen molar-refractivity contribution in [3.05, 3.63) is 22.5 Å². The van der Waals surface area contributed by atoms with Crippen molar-refractivity contribution >= 4 is 17.9 Å². The number of nitrogens with zero attached hydrogens (tertiary/aromatic N) is 3. The first-order valence-electron chi connectivity index (χ1n) is 4.25. The minimum absolute atomic E-state index is 0.292. The van der Waals surface area contributed by atoms with Crippen LogP contribution in [0.2, 0.25) is 5.15 Å². The highest BCUT2D eigenvalue weighted by Gasteiger charge is 2.18. The van der Waals surface area contributed by atoms with Crippen LogP contribution in [0.4, 0.5) is 0 Å². The second-order valence-corrected chi connectivity index (χ2v) is 3.48. The van der Waals surface area contributed by atoms with E-state index in [0.717, 1.165) is 0 Å². The molecule has 0 bridgehead atoms. The number of hydrogen-bond acceptors (Lipinski definition) is 4. The standard InChI is InChI=1S/C9H8ClN3O2/c1-5-3-7(12-15-5)8-6(4-14)9(10)13(2)11-8/h3-4H,1-2H3. The maximum atomic E-state index is 10.8. The maximum Gasteiger partial charge on any atom is 0.155 e. The summed E-state index contributed by atoms with van der Waals surface area (Å²) < 4.78 is 6.33. The number of aromatic nitrogens is 3. The van der Waals surface area contributed by atoms with Crippen molar-refractivity contribution in [2.45, 2.75) is 6.92 Å². The molecule has 0 aliphatic heterocycles. The van der Waals surface area contributed by atoms with Gasteiger partial charge in [0.1, 0.15) is 22.3 Å². The zero-order valence-electron chi connectivity index (χ0n) is 8.19. The van der Waals surface area contributed by atoms with Crippen molar-refractivity contribution in [1.29, 1.82) is 0 Å². The van der Waals surface area contributed by atoms with Crippen LogP contribution >= 0.6 is 11.6 Å². The first-order valence-corrected chi connectivity index (χ1v) is 4.62. The van der Waals surface area contributed by atoms with Gasteiger partial charge in [0, 0.05) is 13.1 Å². The summed E-state index contributed by atoms with van der Waals surface area (Å²) in [6.45, 7) is 1.77. The van der Waals surface area contributed by atoms with Crippen molar-refractivity contribution in [2.24, 2.45) is 7.05 Å². The molecule has 2 heterocycles. The predicted molar refractivity (Wildman–Crippen MR) is 53.8 cm³/mol. The summed E-state index contributed by atoms with van der Waals surface area (Å²) >= 11 is 5.88. The van der Waals surface area contributed by atoms with Crippen LogP contribution in [-0.4, -0.2) is 21.2 Å². The SMILES string of the molecule is Cc1cc(-c2nn(C)c(Cl)c2C=O)no1. The van der Waals surface area contributed by atoms with Crippen LogP contribution < -0.4 is 0 Å². The summed E-state index contributed by atoms with van der Waals surface area (Å²) in [5, 5.41) is 8.17. The molecule has 15 heavy (non-hydrogen) atoms. The van der Waals surface area contributed by atoms with Crippen LogP contribution in [0, 0.1) is 6.92 Å².